The molecule has 1 aromatic heterocycles. The van der Waals surface area contributed by atoms with Crippen molar-refractivity contribution in [2.45, 2.75) is 38.6 Å². The van der Waals surface area contributed by atoms with Gasteiger partial charge >= 0.3 is 12.0 Å². The van der Waals surface area contributed by atoms with Gasteiger partial charge in [0, 0.05) is 35.9 Å². The number of carbonyl (C=O) groups excluding carboxylic acids is 2. The fourth-order valence-electron chi connectivity index (χ4n) is 3.94. The van der Waals surface area contributed by atoms with Gasteiger partial charge in [-0.05, 0) is 60.7 Å². The monoisotopic (exact) mass is 473 g/mol. The molecule has 2 heterocycles. The Hall–Kier alpha value is -4.27. The first kappa shape index (κ1) is 23.9. The minimum atomic E-state index is -1.09. The van der Waals surface area contributed by atoms with Crippen molar-refractivity contribution in [2.24, 2.45) is 0 Å². The van der Waals surface area contributed by atoms with Gasteiger partial charge in [-0.1, -0.05) is 26.0 Å². The van der Waals surface area contributed by atoms with Crippen molar-refractivity contribution in [3.8, 4) is 11.4 Å². The number of aromatic carboxylic acids is 1. The number of carboxylic acid groups (broad SMARTS) is 1. The third-order valence-electron chi connectivity index (χ3n) is 5.95. The lowest BCUT2D eigenvalue weighted by Crippen LogP contribution is -2.45. The summed E-state index contributed by atoms with van der Waals surface area (Å²) in [5.41, 5.74) is 3.16. The SMILES string of the molecule is CC(C)c1ccc(NC(=O)N2CCCC2C(=O)Nc2ccc(-c3ncc(C(=O)O)cn3)cc2)cc1. The zero-order valence-corrected chi connectivity index (χ0v) is 19.6. The Balaban J connectivity index is 1.37. The first-order valence-corrected chi connectivity index (χ1v) is 11.5. The van der Waals surface area contributed by atoms with Gasteiger partial charge in [-0.2, -0.15) is 0 Å². The van der Waals surface area contributed by atoms with E-state index in [2.05, 4.69) is 34.4 Å². The topological polar surface area (TPSA) is 125 Å². The number of rotatable bonds is 6. The Morgan fingerprint density at radius 3 is 2.14 bits per heavy atom. The number of aromatic nitrogens is 2. The first-order valence-electron chi connectivity index (χ1n) is 11.5. The van der Waals surface area contributed by atoms with Gasteiger partial charge in [0.05, 0.1) is 5.56 Å². The van der Waals surface area contributed by atoms with Gasteiger partial charge in [0.1, 0.15) is 6.04 Å². The number of benzene rings is 2. The molecule has 3 amide bonds. The zero-order valence-electron chi connectivity index (χ0n) is 19.6. The summed E-state index contributed by atoms with van der Waals surface area (Å²) in [7, 11) is 0. The normalized spacial score (nSPS) is 15.2. The van der Waals surface area contributed by atoms with Crippen LogP contribution in [0.2, 0.25) is 0 Å². The van der Waals surface area contributed by atoms with E-state index in [0.717, 1.165) is 6.42 Å². The van der Waals surface area contributed by atoms with E-state index in [-0.39, 0.29) is 17.5 Å². The van der Waals surface area contributed by atoms with Crippen LogP contribution in [-0.2, 0) is 4.79 Å². The molecule has 1 unspecified atom stereocenters. The zero-order chi connectivity index (χ0) is 24.9. The van der Waals surface area contributed by atoms with Gasteiger partial charge in [0.25, 0.3) is 0 Å². The molecule has 1 saturated heterocycles. The van der Waals surface area contributed by atoms with E-state index in [4.69, 9.17) is 5.11 Å². The number of hydrogen-bond acceptors (Lipinski definition) is 5. The molecule has 4 rings (SSSR count). The summed E-state index contributed by atoms with van der Waals surface area (Å²) in [6.07, 6.45) is 3.84. The van der Waals surface area contributed by atoms with E-state index in [0.29, 0.717) is 41.6 Å². The summed E-state index contributed by atoms with van der Waals surface area (Å²) in [6, 6.07) is 13.8. The minimum Gasteiger partial charge on any atom is -0.478 e. The summed E-state index contributed by atoms with van der Waals surface area (Å²) in [5.74, 6) is -0.547. The average Bonchev–Trinajstić information content (AvgIpc) is 3.35. The number of nitrogens with zero attached hydrogens (tertiary/aromatic N) is 3. The number of carbonyl (C=O) groups is 3. The number of carboxylic acids is 1. The molecule has 1 fully saturated rings. The predicted molar refractivity (Wildman–Crippen MR) is 132 cm³/mol. The lowest BCUT2D eigenvalue weighted by Gasteiger charge is -2.24. The van der Waals surface area contributed by atoms with E-state index in [9.17, 15) is 14.4 Å². The third kappa shape index (κ3) is 5.63. The van der Waals surface area contributed by atoms with Crippen LogP contribution in [0.1, 0.15) is 48.5 Å². The Labute approximate surface area is 203 Å². The highest BCUT2D eigenvalue weighted by Crippen LogP contribution is 2.23. The summed E-state index contributed by atoms with van der Waals surface area (Å²) in [6.45, 7) is 4.73. The smallest absolute Gasteiger partial charge is 0.338 e. The Bertz CT molecular complexity index is 1210. The highest BCUT2D eigenvalue weighted by Gasteiger charge is 2.34. The van der Waals surface area contributed by atoms with Crippen LogP contribution in [0, 0.1) is 0 Å². The average molecular weight is 474 g/mol. The van der Waals surface area contributed by atoms with Crippen molar-refractivity contribution in [1.29, 1.82) is 0 Å². The molecule has 0 spiro atoms. The van der Waals surface area contributed by atoms with Gasteiger partial charge in [0.15, 0.2) is 5.82 Å². The van der Waals surface area contributed by atoms with Crippen LogP contribution < -0.4 is 10.6 Å². The predicted octanol–water partition coefficient (Wildman–Crippen LogP) is 4.60. The van der Waals surface area contributed by atoms with E-state index in [1.54, 1.807) is 29.2 Å². The molecule has 9 nitrogen and oxygen atoms in total. The molecule has 0 bridgehead atoms. The Kier molecular flexibility index (Phi) is 7.05. The van der Waals surface area contributed by atoms with Gasteiger partial charge in [-0.25, -0.2) is 19.6 Å². The molecule has 9 heteroatoms. The number of likely N-dealkylation sites (tertiary alicyclic amines) is 1. The van der Waals surface area contributed by atoms with E-state index < -0.39 is 12.0 Å². The Morgan fingerprint density at radius 2 is 1.54 bits per heavy atom. The standard InChI is InChI=1S/C26H27N5O4/c1-16(2)17-5-9-21(10-6-17)30-26(35)31-13-3-4-22(31)24(32)29-20-11-7-18(8-12-20)23-27-14-19(15-28-23)25(33)34/h5-12,14-16,22H,3-4,13H2,1-2H3,(H,29,32)(H,30,35)(H,33,34). The van der Waals surface area contributed by atoms with E-state index in [1.165, 1.54) is 18.0 Å². The highest BCUT2D eigenvalue weighted by molar-refractivity contribution is 5.99. The van der Waals surface area contributed by atoms with E-state index >= 15 is 0 Å². The van der Waals surface area contributed by atoms with Crippen LogP contribution in [0.15, 0.2) is 60.9 Å². The van der Waals surface area contributed by atoms with Crippen molar-refractivity contribution in [2.75, 3.05) is 17.2 Å². The number of anilines is 2. The van der Waals surface area contributed by atoms with Gasteiger partial charge in [0.2, 0.25) is 5.91 Å². The number of urea groups is 1. The summed E-state index contributed by atoms with van der Waals surface area (Å²) in [4.78, 5) is 46.5. The van der Waals surface area contributed by atoms with Gasteiger partial charge in [-0.15, -0.1) is 0 Å². The molecule has 3 aromatic rings. The molecule has 1 atom stereocenters. The van der Waals surface area contributed by atoms with Crippen molar-refractivity contribution in [1.82, 2.24) is 14.9 Å². The van der Waals surface area contributed by atoms with Crippen molar-refractivity contribution in [3.05, 3.63) is 72.1 Å². The summed E-state index contributed by atoms with van der Waals surface area (Å²) >= 11 is 0. The molecule has 1 aliphatic rings. The molecular formula is C26H27N5O4. The molecule has 1 aliphatic heterocycles. The highest BCUT2D eigenvalue weighted by atomic mass is 16.4. The quantitative estimate of drug-likeness (QED) is 0.481. The fraction of sp³-hybridized carbons (Fsp3) is 0.269. The molecule has 2 aromatic carbocycles. The van der Waals surface area contributed by atoms with Gasteiger partial charge < -0.3 is 20.6 Å². The van der Waals surface area contributed by atoms with Crippen molar-refractivity contribution >= 4 is 29.3 Å². The van der Waals surface area contributed by atoms with Crippen molar-refractivity contribution in [3.63, 3.8) is 0 Å². The van der Waals surface area contributed by atoms with Crippen molar-refractivity contribution < 1.29 is 19.5 Å². The number of hydrogen-bond donors (Lipinski definition) is 3. The van der Waals surface area contributed by atoms with Crippen LogP contribution >= 0.6 is 0 Å². The molecule has 0 radical (unpaired) electrons. The van der Waals surface area contributed by atoms with Gasteiger partial charge in [-0.3, -0.25) is 4.79 Å². The lowest BCUT2D eigenvalue weighted by atomic mass is 10.0. The van der Waals surface area contributed by atoms with Crippen LogP contribution in [0.3, 0.4) is 0 Å². The third-order valence-corrected chi connectivity index (χ3v) is 5.95. The minimum absolute atomic E-state index is 0.00959. The lowest BCUT2D eigenvalue weighted by molar-refractivity contribution is -0.119. The first-order chi connectivity index (χ1) is 16.8. The largest absolute Gasteiger partial charge is 0.478 e. The molecule has 0 saturated carbocycles. The number of nitrogens with one attached hydrogen (secondary N) is 2. The van der Waals surface area contributed by atoms with Crippen LogP contribution in [-0.4, -0.2) is 50.5 Å². The summed E-state index contributed by atoms with van der Waals surface area (Å²) in [5, 5.41) is 14.7. The van der Waals surface area contributed by atoms with Crippen LogP contribution in [0.5, 0.6) is 0 Å². The maximum Gasteiger partial charge on any atom is 0.338 e. The van der Waals surface area contributed by atoms with Crippen LogP contribution in [0.25, 0.3) is 11.4 Å². The number of amides is 3. The molecule has 180 valence electrons. The fourth-order valence-corrected chi connectivity index (χ4v) is 3.94. The molecule has 3 N–H and O–H groups in total. The maximum absolute atomic E-state index is 12.9. The molecule has 0 aliphatic carbocycles. The second kappa shape index (κ2) is 10.3. The maximum atomic E-state index is 12.9. The second-order valence-corrected chi connectivity index (χ2v) is 8.73. The van der Waals surface area contributed by atoms with Crippen LogP contribution in [0.4, 0.5) is 16.2 Å². The molecule has 35 heavy (non-hydrogen) atoms. The summed E-state index contributed by atoms with van der Waals surface area (Å²) < 4.78 is 0. The molecular weight excluding hydrogens is 446 g/mol. The Morgan fingerprint density at radius 1 is 0.943 bits per heavy atom. The van der Waals surface area contributed by atoms with E-state index in [1.807, 2.05) is 24.3 Å². The second-order valence-electron chi connectivity index (χ2n) is 8.73.